The summed E-state index contributed by atoms with van der Waals surface area (Å²) in [7, 11) is -3.75. The highest BCUT2D eigenvalue weighted by atomic mass is 79.9. The number of nitrogens with zero attached hydrogens (tertiary/aromatic N) is 2. The number of hydrogen-bond acceptors (Lipinski definition) is 5. The van der Waals surface area contributed by atoms with E-state index in [1.54, 1.807) is 12.1 Å². The number of aliphatic imine (C=N–C) groups is 1. The van der Waals surface area contributed by atoms with Gasteiger partial charge in [0.1, 0.15) is 0 Å². The van der Waals surface area contributed by atoms with Crippen LogP contribution in [-0.4, -0.2) is 24.1 Å². The molecule has 0 spiro atoms. The first-order chi connectivity index (χ1) is 15.1. The molecule has 7 nitrogen and oxygen atoms in total. The number of carbonyl (C=O) groups is 1. The molecular weight excluding hydrogens is 512 g/mol. The molecule has 0 radical (unpaired) electrons. The average molecular weight is 531 g/mol. The van der Waals surface area contributed by atoms with E-state index in [1.807, 2.05) is 54.8 Å². The topological polar surface area (TPSA) is 107 Å². The van der Waals surface area contributed by atoms with E-state index in [4.69, 9.17) is 5.14 Å². The van der Waals surface area contributed by atoms with Crippen LogP contribution in [-0.2, 0) is 14.8 Å². The van der Waals surface area contributed by atoms with Crippen molar-refractivity contribution in [3.05, 3.63) is 80.9 Å². The Bertz CT molecular complexity index is 1370. The van der Waals surface area contributed by atoms with Crippen molar-refractivity contribution in [1.29, 1.82) is 0 Å². The van der Waals surface area contributed by atoms with Gasteiger partial charge >= 0.3 is 0 Å². The van der Waals surface area contributed by atoms with Gasteiger partial charge in [-0.05, 0) is 91.8 Å². The average Bonchev–Trinajstić information content (AvgIpc) is 3.21. The Morgan fingerprint density at radius 3 is 2.38 bits per heavy atom. The third kappa shape index (κ3) is 4.73. The van der Waals surface area contributed by atoms with Gasteiger partial charge in [-0.3, -0.25) is 4.79 Å². The molecule has 0 unspecified atom stereocenters. The standard InChI is InChI=1S/C22H19BrN4O3S2/c1-13-11-15(14(2)27(13)18-7-9-19(10-8-18)32(24,29)30)12-20-21(28)26-22(31-20)25-17-5-3-16(23)4-6-17/h3-12H,1-2H3,(H2,24,29,30)(H,25,26,28)/b20-12-. The van der Waals surface area contributed by atoms with E-state index in [0.29, 0.717) is 10.1 Å². The second-order valence-corrected chi connectivity index (χ2v) is 10.7. The van der Waals surface area contributed by atoms with Crippen LogP contribution in [0.25, 0.3) is 11.8 Å². The Balaban J connectivity index is 1.62. The zero-order valence-corrected chi connectivity index (χ0v) is 20.4. The number of hydrogen-bond donors (Lipinski definition) is 2. The van der Waals surface area contributed by atoms with Gasteiger partial charge in [0.05, 0.1) is 15.5 Å². The molecule has 4 rings (SSSR count). The summed E-state index contributed by atoms with van der Waals surface area (Å²) in [6, 6.07) is 15.9. The van der Waals surface area contributed by atoms with Crippen LogP contribution in [0, 0.1) is 13.8 Å². The summed E-state index contributed by atoms with van der Waals surface area (Å²) >= 11 is 4.68. The van der Waals surface area contributed by atoms with Crippen LogP contribution in [0.1, 0.15) is 17.0 Å². The van der Waals surface area contributed by atoms with Crippen molar-refractivity contribution >= 4 is 60.6 Å². The maximum absolute atomic E-state index is 12.5. The Kier molecular flexibility index (Phi) is 6.13. The number of halogens is 1. The van der Waals surface area contributed by atoms with Crippen LogP contribution in [0.5, 0.6) is 0 Å². The van der Waals surface area contributed by atoms with E-state index in [2.05, 4.69) is 26.2 Å². The largest absolute Gasteiger partial charge is 0.318 e. The summed E-state index contributed by atoms with van der Waals surface area (Å²) in [5.41, 5.74) is 4.31. The smallest absolute Gasteiger partial charge is 0.264 e. The van der Waals surface area contributed by atoms with Gasteiger partial charge in [-0.25, -0.2) is 18.5 Å². The third-order valence-electron chi connectivity index (χ3n) is 4.89. The molecule has 1 fully saturated rings. The van der Waals surface area contributed by atoms with E-state index < -0.39 is 10.0 Å². The van der Waals surface area contributed by atoms with Crippen LogP contribution >= 0.6 is 27.7 Å². The van der Waals surface area contributed by atoms with Crippen molar-refractivity contribution < 1.29 is 13.2 Å². The van der Waals surface area contributed by atoms with Crippen LogP contribution < -0.4 is 10.5 Å². The highest BCUT2D eigenvalue weighted by Gasteiger charge is 2.24. The molecule has 32 heavy (non-hydrogen) atoms. The van der Waals surface area contributed by atoms with E-state index in [1.165, 1.54) is 23.9 Å². The van der Waals surface area contributed by atoms with Gasteiger partial charge in [0.2, 0.25) is 10.0 Å². The molecule has 1 saturated heterocycles. The molecule has 1 aliphatic rings. The number of thioether (sulfide) groups is 1. The lowest BCUT2D eigenvalue weighted by atomic mass is 10.2. The molecule has 2 aromatic carbocycles. The van der Waals surface area contributed by atoms with Crippen molar-refractivity contribution in [1.82, 2.24) is 9.88 Å². The van der Waals surface area contributed by atoms with Gasteiger partial charge in [0.25, 0.3) is 5.91 Å². The molecule has 164 valence electrons. The maximum atomic E-state index is 12.5. The molecule has 0 atom stereocenters. The minimum atomic E-state index is -3.75. The van der Waals surface area contributed by atoms with E-state index >= 15 is 0 Å². The number of sulfonamides is 1. The van der Waals surface area contributed by atoms with E-state index in [-0.39, 0.29) is 10.8 Å². The Morgan fingerprint density at radius 1 is 1.09 bits per heavy atom. The van der Waals surface area contributed by atoms with Gasteiger partial charge in [-0.15, -0.1) is 0 Å². The number of primary sulfonamides is 1. The highest BCUT2D eigenvalue weighted by molar-refractivity contribution is 9.10. The summed E-state index contributed by atoms with van der Waals surface area (Å²) in [5, 5.41) is 8.51. The lowest BCUT2D eigenvalue weighted by Crippen LogP contribution is -2.19. The minimum absolute atomic E-state index is 0.0580. The van der Waals surface area contributed by atoms with Crippen LogP contribution in [0.2, 0.25) is 0 Å². The first-order valence-corrected chi connectivity index (χ1v) is 12.6. The fourth-order valence-electron chi connectivity index (χ4n) is 3.37. The number of nitrogens with one attached hydrogen (secondary N) is 1. The van der Waals surface area contributed by atoms with Gasteiger partial charge < -0.3 is 9.88 Å². The number of aromatic nitrogens is 1. The lowest BCUT2D eigenvalue weighted by molar-refractivity contribution is -0.115. The molecule has 0 bridgehead atoms. The number of carbonyl (C=O) groups excluding carboxylic acids is 1. The van der Waals surface area contributed by atoms with E-state index in [0.717, 1.165) is 32.8 Å². The number of aryl methyl sites for hydroxylation is 1. The Hall–Kier alpha value is -2.66. The number of amides is 1. The molecule has 2 heterocycles. The molecule has 0 saturated carbocycles. The first kappa shape index (κ1) is 22.5. The van der Waals surface area contributed by atoms with Gasteiger partial charge in [0.15, 0.2) is 5.17 Å². The first-order valence-electron chi connectivity index (χ1n) is 9.49. The highest BCUT2D eigenvalue weighted by Crippen LogP contribution is 2.31. The maximum Gasteiger partial charge on any atom is 0.264 e. The van der Waals surface area contributed by atoms with Gasteiger partial charge in [-0.1, -0.05) is 15.9 Å². The van der Waals surface area contributed by atoms with Crippen LogP contribution in [0.3, 0.4) is 0 Å². The second-order valence-electron chi connectivity index (χ2n) is 7.16. The fraction of sp³-hybridized carbons (Fsp3) is 0.0909. The van der Waals surface area contributed by atoms with Crippen LogP contribution in [0.4, 0.5) is 5.69 Å². The molecule has 3 aromatic rings. The van der Waals surface area contributed by atoms with Gasteiger partial charge in [0, 0.05) is 21.5 Å². The SMILES string of the molecule is Cc1cc(/C=C2\SC(=Nc3ccc(Br)cc3)NC2=O)c(C)n1-c1ccc(S(N)(=O)=O)cc1. The number of amidine groups is 1. The van der Waals surface area contributed by atoms with Crippen molar-refractivity contribution in [3.63, 3.8) is 0 Å². The molecule has 3 N–H and O–H groups in total. The molecule has 10 heteroatoms. The molecule has 0 aliphatic carbocycles. The normalized spacial score (nSPS) is 16.7. The number of nitrogens with two attached hydrogens (primary N) is 1. The van der Waals surface area contributed by atoms with Crippen molar-refractivity contribution in [2.45, 2.75) is 18.7 Å². The number of benzene rings is 2. The summed E-state index contributed by atoms with van der Waals surface area (Å²) in [6.45, 7) is 3.90. The molecule has 1 amide bonds. The predicted octanol–water partition coefficient (Wildman–Crippen LogP) is 4.40. The predicted molar refractivity (Wildman–Crippen MR) is 132 cm³/mol. The summed E-state index contributed by atoms with van der Waals surface area (Å²) < 4.78 is 26.0. The zero-order chi connectivity index (χ0) is 23.0. The summed E-state index contributed by atoms with van der Waals surface area (Å²) in [6.07, 6.45) is 1.83. The minimum Gasteiger partial charge on any atom is -0.318 e. The molecule has 1 aromatic heterocycles. The lowest BCUT2D eigenvalue weighted by Gasteiger charge is -2.10. The zero-order valence-electron chi connectivity index (χ0n) is 17.2. The Labute approximate surface area is 198 Å². The van der Waals surface area contributed by atoms with Crippen molar-refractivity contribution in [2.75, 3.05) is 0 Å². The summed E-state index contributed by atoms with van der Waals surface area (Å²) in [4.78, 5) is 17.6. The molecular formula is C22H19BrN4O3S2. The van der Waals surface area contributed by atoms with Gasteiger partial charge in [-0.2, -0.15) is 0 Å². The van der Waals surface area contributed by atoms with E-state index in [9.17, 15) is 13.2 Å². The third-order valence-corrected chi connectivity index (χ3v) is 7.26. The molecule has 1 aliphatic heterocycles. The second kappa shape index (κ2) is 8.70. The Morgan fingerprint density at radius 2 is 1.75 bits per heavy atom. The monoisotopic (exact) mass is 530 g/mol. The van der Waals surface area contributed by atoms with Crippen molar-refractivity contribution in [3.8, 4) is 5.69 Å². The quantitative estimate of drug-likeness (QED) is 0.487. The summed E-state index contributed by atoms with van der Waals surface area (Å²) in [5.74, 6) is -0.201. The number of rotatable bonds is 4. The van der Waals surface area contributed by atoms with Crippen LogP contribution in [0.15, 0.2) is 73.9 Å². The van der Waals surface area contributed by atoms with Crippen molar-refractivity contribution in [2.24, 2.45) is 10.1 Å². The fourth-order valence-corrected chi connectivity index (χ4v) is 4.98.